The highest BCUT2D eigenvalue weighted by atomic mass is 79.9. The van der Waals surface area contributed by atoms with E-state index in [0.717, 1.165) is 29.6 Å². The Morgan fingerprint density at radius 2 is 2.00 bits per heavy atom. The fraction of sp³-hybridized carbons (Fsp3) is 0.889. The van der Waals surface area contributed by atoms with Crippen LogP contribution in [0.5, 0.6) is 0 Å². The number of carbonyl (C=O) groups is 1. The molecule has 58 valence electrons. The van der Waals surface area contributed by atoms with Crippen LogP contribution >= 0.6 is 15.9 Å². The second kappa shape index (κ2) is 1.34. The molecule has 5 saturated carbocycles. The predicted molar refractivity (Wildman–Crippen MR) is 43.3 cm³/mol. The normalized spacial score (nSPS) is 74.6. The maximum absolute atomic E-state index is 11.6. The Hall–Kier alpha value is 0.150. The third-order valence-corrected chi connectivity index (χ3v) is 5.65. The van der Waals surface area contributed by atoms with Gasteiger partial charge in [-0.3, -0.25) is 4.79 Å². The van der Waals surface area contributed by atoms with Crippen LogP contribution in [0.4, 0.5) is 0 Å². The van der Waals surface area contributed by atoms with E-state index in [-0.39, 0.29) is 4.83 Å². The largest absolute Gasteiger partial charge is 0.298 e. The van der Waals surface area contributed by atoms with Crippen LogP contribution in [0.2, 0.25) is 0 Å². The highest BCUT2D eigenvalue weighted by Crippen LogP contribution is 2.80. The maximum Gasteiger partial charge on any atom is 0.150 e. The Bertz CT molecular complexity index is 275. The molecule has 0 N–H and O–H groups in total. The van der Waals surface area contributed by atoms with E-state index in [4.69, 9.17) is 0 Å². The molecule has 5 aliphatic rings. The first-order valence-electron chi connectivity index (χ1n) is 4.48. The zero-order chi connectivity index (χ0) is 7.33. The molecule has 7 atom stereocenters. The molecule has 2 unspecified atom stereocenters. The van der Waals surface area contributed by atoms with E-state index in [2.05, 4.69) is 15.9 Å². The molecular formula is C9H9BrO. The van der Waals surface area contributed by atoms with Gasteiger partial charge in [0.05, 0.1) is 4.83 Å². The molecule has 1 nitrogen and oxygen atoms in total. The summed E-state index contributed by atoms with van der Waals surface area (Å²) in [6, 6.07) is 0. The second-order valence-electron chi connectivity index (χ2n) is 4.63. The number of carbonyl (C=O) groups excluding carboxylic acids is 1. The summed E-state index contributed by atoms with van der Waals surface area (Å²) in [4.78, 5) is 11.8. The molecule has 6 bridgehead atoms. The van der Waals surface area contributed by atoms with Crippen LogP contribution in [-0.2, 0) is 4.79 Å². The third kappa shape index (κ3) is 0.379. The van der Waals surface area contributed by atoms with Gasteiger partial charge in [-0.1, -0.05) is 15.9 Å². The molecule has 0 aromatic carbocycles. The van der Waals surface area contributed by atoms with Gasteiger partial charge in [-0.2, -0.15) is 0 Å². The van der Waals surface area contributed by atoms with Gasteiger partial charge in [0.15, 0.2) is 0 Å². The van der Waals surface area contributed by atoms with Crippen molar-refractivity contribution in [3.63, 3.8) is 0 Å². The van der Waals surface area contributed by atoms with Crippen LogP contribution in [0.1, 0.15) is 6.42 Å². The maximum atomic E-state index is 11.6. The van der Waals surface area contributed by atoms with E-state index < -0.39 is 0 Å². The Balaban J connectivity index is 1.96. The topological polar surface area (TPSA) is 17.1 Å². The summed E-state index contributed by atoms with van der Waals surface area (Å²) in [5.41, 5.74) is 0. The molecule has 5 fully saturated rings. The summed E-state index contributed by atoms with van der Waals surface area (Å²) in [5.74, 6) is 5.47. The number of halogens is 1. The smallest absolute Gasteiger partial charge is 0.150 e. The van der Waals surface area contributed by atoms with Crippen LogP contribution in [0, 0.1) is 35.5 Å². The van der Waals surface area contributed by atoms with Gasteiger partial charge in [-0.25, -0.2) is 0 Å². The Labute approximate surface area is 73.7 Å². The van der Waals surface area contributed by atoms with Crippen molar-refractivity contribution in [2.45, 2.75) is 11.2 Å². The number of hydrogen-bond donors (Lipinski definition) is 0. The summed E-state index contributed by atoms with van der Waals surface area (Å²) in [6.07, 6.45) is 1.39. The van der Waals surface area contributed by atoms with Crippen LogP contribution in [-0.4, -0.2) is 10.6 Å². The fourth-order valence-electron chi connectivity index (χ4n) is 4.40. The Morgan fingerprint density at radius 3 is 2.55 bits per heavy atom. The molecule has 0 aliphatic heterocycles. The molecule has 0 amide bonds. The summed E-state index contributed by atoms with van der Waals surface area (Å²) in [5, 5.41) is 0. The number of alkyl halides is 1. The van der Waals surface area contributed by atoms with Crippen molar-refractivity contribution >= 4 is 21.7 Å². The SMILES string of the molecule is O=C1[C@@H](Br)[C@@H]2C3CC4[C@H]2[C@@H]4[C@H]13. The third-order valence-electron chi connectivity index (χ3n) is 4.59. The number of rotatable bonds is 0. The van der Waals surface area contributed by atoms with Gasteiger partial charge in [0.25, 0.3) is 0 Å². The molecule has 0 radical (unpaired) electrons. The van der Waals surface area contributed by atoms with Gasteiger partial charge in [-0.05, 0) is 36.0 Å². The first-order valence-corrected chi connectivity index (χ1v) is 5.40. The molecule has 2 heteroatoms. The van der Waals surface area contributed by atoms with E-state index >= 15 is 0 Å². The van der Waals surface area contributed by atoms with Crippen LogP contribution in [0.25, 0.3) is 0 Å². The molecular weight excluding hydrogens is 204 g/mol. The van der Waals surface area contributed by atoms with Gasteiger partial charge in [0, 0.05) is 5.92 Å². The lowest BCUT2D eigenvalue weighted by atomic mass is 9.99. The lowest BCUT2D eigenvalue weighted by Gasteiger charge is -2.12. The van der Waals surface area contributed by atoms with Crippen molar-refractivity contribution in [3.05, 3.63) is 0 Å². The monoisotopic (exact) mass is 212 g/mol. The fourth-order valence-corrected chi connectivity index (χ4v) is 5.45. The van der Waals surface area contributed by atoms with Crippen molar-refractivity contribution in [1.29, 1.82) is 0 Å². The second-order valence-corrected chi connectivity index (χ2v) is 5.61. The summed E-state index contributed by atoms with van der Waals surface area (Å²) in [6.45, 7) is 0. The zero-order valence-electron chi connectivity index (χ0n) is 6.03. The summed E-state index contributed by atoms with van der Waals surface area (Å²) in [7, 11) is 0. The van der Waals surface area contributed by atoms with Crippen LogP contribution in [0.3, 0.4) is 0 Å². The lowest BCUT2D eigenvalue weighted by Crippen LogP contribution is -2.23. The predicted octanol–water partition coefficient (Wildman–Crippen LogP) is 1.46. The standard InChI is InChI=1S/C9H9BrO/c10-8-6-3-1-2-4(6)5(2)7(3)9(8)11/h2-8H,1H2/t2?,3?,4-,5+,6+,7+,8-/m0/s1. The molecule has 0 aromatic heterocycles. The summed E-state index contributed by atoms with van der Waals surface area (Å²) >= 11 is 3.55. The van der Waals surface area contributed by atoms with E-state index in [1.165, 1.54) is 6.42 Å². The molecule has 0 heterocycles. The van der Waals surface area contributed by atoms with Crippen LogP contribution < -0.4 is 0 Å². The summed E-state index contributed by atoms with van der Waals surface area (Å²) < 4.78 is 0. The van der Waals surface area contributed by atoms with E-state index in [1.54, 1.807) is 0 Å². The average Bonchev–Trinajstić information content (AvgIpc) is 2.39. The minimum atomic E-state index is 0.256. The van der Waals surface area contributed by atoms with Gasteiger partial charge < -0.3 is 0 Å². The zero-order valence-corrected chi connectivity index (χ0v) is 7.62. The first-order chi connectivity index (χ1) is 5.30. The molecule has 5 rings (SSSR count). The Morgan fingerprint density at radius 1 is 1.18 bits per heavy atom. The van der Waals surface area contributed by atoms with E-state index in [0.29, 0.717) is 11.7 Å². The number of Topliss-reactive ketones (excluding diaryl/α,β-unsaturated/α-hetero) is 1. The molecule has 5 aliphatic carbocycles. The molecule has 0 aromatic rings. The van der Waals surface area contributed by atoms with Crippen molar-refractivity contribution < 1.29 is 4.79 Å². The average molecular weight is 213 g/mol. The van der Waals surface area contributed by atoms with E-state index in [9.17, 15) is 4.79 Å². The number of hydrogen-bond acceptors (Lipinski definition) is 1. The van der Waals surface area contributed by atoms with Crippen molar-refractivity contribution in [2.24, 2.45) is 35.5 Å². The molecule has 0 saturated heterocycles. The quantitative estimate of drug-likeness (QED) is 0.557. The van der Waals surface area contributed by atoms with Crippen molar-refractivity contribution in [2.75, 3.05) is 0 Å². The van der Waals surface area contributed by atoms with Gasteiger partial charge in [-0.15, -0.1) is 0 Å². The first kappa shape index (κ1) is 5.74. The van der Waals surface area contributed by atoms with Gasteiger partial charge >= 0.3 is 0 Å². The Kier molecular flexibility index (Phi) is 0.701. The van der Waals surface area contributed by atoms with Gasteiger partial charge in [0.2, 0.25) is 0 Å². The molecule has 11 heavy (non-hydrogen) atoms. The number of ketones is 1. The minimum Gasteiger partial charge on any atom is -0.298 e. The lowest BCUT2D eigenvalue weighted by molar-refractivity contribution is -0.121. The minimum absolute atomic E-state index is 0.256. The molecule has 0 spiro atoms. The van der Waals surface area contributed by atoms with Crippen LogP contribution in [0.15, 0.2) is 0 Å². The van der Waals surface area contributed by atoms with Crippen molar-refractivity contribution in [1.82, 2.24) is 0 Å². The highest BCUT2D eigenvalue weighted by Gasteiger charge is 2.80. The van der Waals surface area contributed by atoms with Crippen molar-refractivity contribution in [3.8, 4) is 0 Å². The van der Waals surface area contributed by atoms with Gasteiger partial charge in [0.1, 0.15) is 5.78 Å². The highest BCUT2D eigenvalue weighted by molar-refractivity contribution is 9.10. The van der Waals surface area contributed by atoms with E-state index in [1.807, 2.05) is 0 Å².